The van der Waals surface area contributed by atoms with Gasteiger partial charge in [-0.05, 0) is 44.0 Å². The molecule has 0 heterocycles. The number of benzene rings is 1. The van der Waals surface area contributed by atoms with Gasteiger partial charge in [0, 0.05) is 6.54 Å². The van der Waals surface area contributed by atoms with Crippen LogP contribution in [0.1, 0.15) is 39.2 Å². The fraction of sp³-hybridized carbons (Fsp3) is 0.600. The quantitative estimate of drug-likeness (QED) is 0.697. The van der Waals surface area contributed by atoms with Crippen LogP contribution in [0.4, 0.5) is 0 Å². The monoisotopic (exact) mass is 235 g/mol. The van der Waals surface area contributed by atoms with Crippen molar-refractivity contribution in [3.05, 3.63) is 29.8 Å². The van der Waals surface area contributed by atoms with Crippen LogP contribution >= 0.6 is 0 Å². The average molecular weight is 235 g/mol. The smallest absolute Gasteiger partial charge is 0.119 e. The van der Waals surface area contributed by atoms with E-state index in [1.165, 1.54) is 18.4 Å². The summed E-state index contributed by atoms with van der Waals surface area (Å²) in [5, 5.41) is 3.40. The van der Waals surface area contributed by atoms with Gasteiger partial charge in [0.1, 0.15) is 11.9 Å². The van der Waals surface area contributed by atoms with Gasteiger partial charge in [-0.2, -0.15) is 0 Å². The number of hydrogen-bond donors (Lipinski definition) is 1. The second-order valence-electron chi connectivity index (χ2n) is 4.48. The van der Waals surface area contributed by atoms with Crippen molar-refractivity contribution in [1.29, 1.82) is 0 Å². The van der Waals surface area contributed by atoms with Crippen molar-refractivity contribution in [3.8, 4) is 5.75 Å². The van der Waals surface area contributed by atoms with Crippen LogP contribution in [0.15, 0.2) is 24.3 Å². The molecule has 1 aromatic rings. The molecule has 17 heavy (non-hydrogen) atoms. The number of nitrogens with one attached hydrogen (secondary N) is 1. The highest BCUT2D eigenvalue weighted by molar-refractivity contribution is 5.27. The Morgan fingerprint density at radius 2 is 1.88 bits per heavy atom. The van der Waals surface area contributed by atoms with E-state index < -0.39 is 0 Å². The molecule has 0 fully saturated rings. The largest absolute Gasteiger partial charge is 0.489 e. The first-order valence-corrected chi connectivity index (χ1v) is 6.72. The van der Waals surface area contributed by atoms with Gasteiger partial charge in [-0.15, -0.1) is 0 Å². The lowest BCUT2D eigenvalue weighted by Gasteiger charge is -2.15. The maximum absolute atomic E-state index is 5.83. The molecule has 2 nitrogen and oxygen atoms in total. The SMILES string of the molecule is CCCCNCC(C)Oc1ccc(CC)cc1. The Hall–Kier alpha value is -1.02. The Labute approximate surface area is 105 Å². The van der Waals surface area contributed by atoms with Crippen LogP contribution < -0.4 is 10.1 Å². The molecule has 1 rings (SSSR count). The second-order valence-corrected chi connectivity index (χ2v) is 4.48. The first-order valence-electron chi connectivity index (χ1n) is 6.72. The first-order chi connectivity index (χ1) is 8.26. The molecule has 1 atom stereocenters. The van der Waals surface area contributed by atoms with Crippen molar-refractivity contribution in [2.45, 2.75) is 46.1 Å². The van der Waals surface area contributed by atoms with E-state index in [9.17, 15) is 0 Å². The van der Waals surface area contributed by atoms with Gasteiger partial charge in [0.2, 0.25) is 0 Å². The molecule has 1 aromatic carbocycles. The Balaban J connectivity index is 2.26. The van der Waals surface area contributed by atoms with Gasteiger partial charge < -0.3 is 10.1 Å². The maximum atomic E-state index is 5.83. The van der Waals surface area contributed by atoms with Crippen LogP contribution in [0.5, 0.6) is 5.75 Å². The van der Waals surface area contributed by atoms with E-state index in [-0.39, 0.29) is 6.10 Å². The molecule has 0 saturated carbocycles. The van der Waals surface area contributed by atoms with E-state index in [2.05, 4.69) is 50.4 Å². The molecule has 1 N–H and O–H groups in total. The van der Waals surface area contributed by atoms with Gasteiger partial charge in [0.25, 0.3) is 0 Å². The number of rotatable bonds is 8. The third-order valence-corrected chi connectivity index (χ3v) is 2.81. The van der Waals surface area contributed by atoms with E-state index in [1.54, 1.807) is 0 Å². The summed E-state index contributed by atoms with van der Waals surface area (Å²) in [7, 11) is 0. The average Bonchev–Trinajstić information content (AvgIpc) is 2.36. The molecule has 2 heteroatoms. The van der Waals surface area contributed by atoms with Crippen LogP contribution in [0.25, 0.3) is 0 Å². The summed E-state index contributed by atoms with van der Waals surface area (Å²) in [5.74, 6) is 0.965. The van der Waals surface area contributed by atoms with Crippen LogP contribution in [-0.2, 0) is 6.42 Å². The van der Waals surface area contributed by atoms with E-state index >= 15 is 0 Å². The summed E-state index contributed by atoms with van der Waals surface area (Å²) in [4.78, 5) is 0. The number of aryl methyl sites for hydroxylation is 1. The highest BCUT2D eigenvalue weighted by Crippen LogP contribution is 2.13. The minimum absolute atomic E-state index is 0.222. The van der Waals surface area contributed by atoms with Gasteiger partial charge in [-0.25, -0.2) is 0 Å². The summed E-state index contributed by atoms with van der Waals surface area (Å²) in [6.07, 6.45) is 3.77. The van der Waals surface area contributed by atoms with Crippen molar-refractivity contribution in [2.24, 2.45) is 0 Å². The lowest BCUT2D eigenvalue weighted by atomic mass is 10.2. The number of ether oxygens (including phenoxy) is 1. The third-order valence-electron chi connectivity index (χ3n) is 2.81. The molecule has 0 bridgehead atoms. The minimum Gasteiger partial charge on any atom is -0.489 e. The molecule has 0 amide bonds. The minimum atomic E-state index is 0.222. The van der Waals surface area contributed by atoms with Gasteiger partial charge >= 0.3 is 0 Å². The molecule has 0 aromatic heterocycles. The molecule has 1 unspecified atom stereocenters. The van der Waals surface area contributed by atoms with Crippen molar-refractivity contribution < 1.29 is 4.74 Å². The standard InChI is InChI=1S/C15H25NO/c1-4-6-11-16-12-13(3)17-15-9-7-14(5-2)8-10-15/h7-10,13,16H,4-6,11-12H2,1-3H3. The predicted molar refractivity (Wildman–Crippen MR) is 73.7 cm³/mol. The van der Waals surface area contributed by atoms with Gasteiger partial charge in [-0.3, -0.25) is 0 Å². The molecular weight excluding hydrogens is 210 g/mol. The number of hydrogen-bond acceptors (Lipinski definition) is 2. The van der Waals surface area contributed by atoms with Crippen LogP contribution in [-0.4, -0.2) is 19.2 Å². The van der Waals surface area contributed by atoms with Gasteiger partial charge in [0.15, 0.2) is 0 Å². The fourth-order valence-electron chi connectivity index (χ4n) is 1.68. The Bertz CT molecular complexity index is 294. The van der Waals surface area contributed by atoms with Crippen LogP contribution in [0.2, 0.25) is 0 Å². The van der Waals surface area contributed by atoms with Gasteiger partial charge in [0.05, 0.1) is 0 Å². The molecule has 96 valence electrons. The van der Waals surface area contributed by atoms with Crippen molar-refractivity contribution in [3.63, 3.8) is 0 Å². The van der Waals surface area contributed by atoms with E-state index in [1.807, 2.05) is 0 Å². The lowest BCUT2D eigenvalue weighted by molar-refractivity contribution is 0.217. The molecule has 0 radical (unpaired) electrons. The van der Waals surface area contributed by atoms with E-state index in [0.29, 0.717) is 0 Å². The normalized spacial score (nSPS) is 12.4. The van der Waals surface area contributed by atoms with E-state index in [0.717, 1.165) is 25.3 Å². The third kappa shape index (κ3) is 5.73. The first kappa shape index (κ1) is 14.0. The molecule has 0 aliphatic carbocycles. The Morgan fingerprint density at radius 1 is 1.18 bits per heavy atom. The van der Waals surface area contributed by atoms with Crippen LogP contribution in [0.3, 0.4) is 0 Å². The van der Waals surface area contributed by atoms with Crippen LogP contribution in [0, 0.1) is 0 Å². The fourth-order valence-corrected chi connectivity index (χ4v) is 1.68. The zero-order valence-electron chi connectivity index (χ0n) is 11.3. The molecule has 0 spiro atoms. The molecule has 0 aliphatic rings. The summed E-state index contributed by atoms with van der Waals surface area (Å²) < 4.78 is 5.83. The van der Waals surface area contributed by atoms with Crippen molar-refractivity contribution >= 4 is 0 Å². The van der Waals surface area contributed by atoms with Gasteiger partial charge in [-0.1, -0.05) is 32.4 Å². The zero-order valence-corrected chi connectivity index (χ0v) is 11.3. The molecule has 0 aliphatic heterocycles. The lowest BCUT2D eigenvalue weighted by Crippen LogP contribution is -2.29. The Kier molecular flexibility index (Phi) is 6.71. The summed E-state index contributed by atoms with van der Waals surface area (Å²) in [5.41, 5.74) is 1.35. The molecular formula is C15H25NO. The topological polar surface area (TPSA) is 21.3 Å². The maximum Gasteiger partial charge on any atom is 0.119 e. The summed E-state index contributed by atoms with van der Waals surface area (Å²) in [6.45, 7) is 8.47. The van der Waals surface area contributed by atoms with Crippen molar-refractivity contribution in [1.82, 2.24) is 5.32 Å². The zero-order chi connectivity index (χ0) is 12.5. The highest BCUT2D eigenvalue weighted by Gasteiger charge is 2.03. The van der Waals surface area contributed by atoms with E-state index in [4.69, 9.17) is 4.74 Å². The Morgan fingerprint density at radius 3 is 2.47 bits per heavy atom. The molecule has 0 saturated heterocycles. The predicted octanol–water partition coefficient (Wildman–Crippen LogP) is 3.41. The van der Waals surface area contributed by atoms with Crippen molar-refractivity contribution in [2.75, 3.05) is 13.1 Å². The second kappa shape index (κ2) is 8.13. The number of unbranched alkanes of at least 4 members (excludes halogenated alkanes) is 1. The highest BCUT2D eigenvalue weighted by atomic mass is 16.5. The summed E-state index contributed by atoms with van der Waals surface area (Å²) in [6, 6.07) is 8.38. The summed E-state index contributed by atoms with van der Waals surface area (Å²) >= 11 is 0.